The smallest absolute Gasteiger partial charge is 0.330 e. The predicted molar refractivity (Wildman–Crippen MR) is 78.8 cm³/mol. The van der Waals surface area contributed by atoms with E-state index < -0.39 is 0 Å². The first kappa shape index (κ1) is 15.2. The van der Waals surface area contributed by atoms with Gasteiger partial charge in [0.15, 0.2) is 6.67 Å². The molecule has 19 heavy (non-hydrogen) atoms. The first-order chi connectivity index (χ1) is 8.54. The zero-order chi connectivity index (χ0) is 12.9. The summed E-state index contributed by atoms with van der Waals surface area (Å²) in [6.45, 7) is 4.96. The normalized spacial score (nSPS) is 16.6. The number of hydrogen-bond acceptors (Lipinski definition) is 2. The number of pyridine rings is 1. The van der Waals surface area contributed by atoms with Crippen molar-refractivity contribution < 1.29 is 28.5 Å². The molecule has 0 saturated carbocycles. The third-order valence-corrected chi connectivity index (χ3v) is 3.90. The SMILES string of the molecule is CC1=CC(Br)=CN2C[n+]3cc(Br)cc(C)c3N=C12.[I-]. The molecule has 0 unspecified atom stereocenters. The Morgan fingerprint density at radius 2 is 2.05 bits per heavy atom. The van der Waals surface area contributed by atoms with Crippen LogP contribution in [0.25, 0.3) is 0 Å². The van der Waals surface area contributed by atoms with Crippen LogP contribution in [0.2, 0.25) is 0 Å². The molecule has 3 heterocycles. The molecule has 0 fully saturated rings. The Morgan fingerprint density at radius 3 is 2.79 bits per heavy atom. The predicted octanol–water partition coefficient (Wildman–Crippen LogP) is 0.548. The van der Waals surface area contributed by atoms with Crippen molar-refractivity contribution >= 4 is 43.5 Å². The van der Waals surface area contributed by atoms with Crippen LogP contribution in [0.4, 0.5) is 5.82 Å². The highest BCUT2D eigenvalue weighted by atomic mass is 127. The number of halogens is 3. The topological polar surface area (TPSA) is 19.5 Å². The number of aliphatic imine (C=N–C) groups is 1. The number of aryl methyl sites for hydroxylation is 1. The van der Waals surface area contributed by atoms with Crippen molar-refractivity contribution in [1.29, 1.82) is 0 Å². The van der Waals surface area contributed by atoms with E-state index in [1.807, 2.05) is 0 Å². The molecule has 0 saturated heterocycles. The molecule has 0 aliphatic carbocycles. The van der Waals surface area contributed by atoms with Gasteiger partial charge in [0.1, 0.15) is 6.20 Å². The minimum Gasteiger partial charge on any atom is -1.00 e. The number of allylic oxidation sites excluding steroid dienone is 2. The van der Waals surface area contributed by atoms with Gasteiger partial charge in [0.25, 0.3) is 5.84 Å². The fourth-order valence-electron chi connectivity index (χ4n) is 2.28. The van der Waals surface area contributed by atoms with Gasteiger partial charge in [0, 0.05) is 21.8 Å². The summed E-state index contributed by atoms with van der Waals surface area (Å²) in [7, 11) is 0. The standard InChI is InChI=1S/C13H12Br2N3.HI/c1-8-3-10(14)5-17-7-18-6-11(15)4-9(2)13(18)16-12(8)17;/h3-6H,7H2,1-2H3;1H/q+1;/p-1. The van der Waals surface area contributed by atoms with E-state index in [1.165, 1.54) is 11.1 Å². The highest BCUT2D eigenvalue weighted by Crippen LogP contribution is 2.27. The monoisotopic (exact) mass is 495 g/mol. The van der Waals surface area contributed by atoms with Gasteiger partial charge < -0.3 is 24.0 Å². The number of hydrogen-bond donors (Lipinski definition) is 0. The van der Waals surface area contributed by atoms with Gasteiger partial charge in [-0.2, -0.15) is 0 Å². The summed E-state index contributed by atoms with van der Waals surface area (Å²) >= 11 is 7.06. The molecule has 0 N–H and O–H groups in total. The van der Waals surface area contributed by atoms with E-state index in [0.29, 0.717) is 0 Å². The van der Waals surface area contributed by atoms with Crippen molar-refractivity contribution in [3.63, 3.8) is 0 Å². The van der Waals surface area contributed by atoms with Crippen LogP contribution in [0.5, 0.6) is 0 Å². The Morgan fingerprint density at radius 1 is 1.32 bits per heavy atom. The third kappa shape index (κ3) is 2.80. The van der Waals surface area contributed by atoms with Crippen LogP contribution < -0.4 is 28.5 Å². The van der Waals surface area contributed by atoms with Gasteiger partial charge in [-0.1, -0.05) is 0 Å². The Balaban J connectivity index is 0.00000133. The lowest BCUT2D eigenvalue weighted by atomic mass is 10.1. The minimum atomic E-state index is 0. The molecule has 1 aromatic rings. The Bertz CT molecular complexity index is 635. The van der Waals surface area contributed by atoms with Gasteiger partial charge in [0.05, 0.1) is 4.47 Å². The van der Waals surface area contributed by atoms with Gasteiger partial charge >= 0.3 is 5.82 Å². The number of rotatable bonds is 0. The van der Waals surface area contributed by atoms with Gasteiger partial charge in [-0.3, -0.25) is 4.90 Å². The van der Waals surface area contributed by atoms with Crippen molar-refractivity contribution in [2.75, 3.05) is 0 Å². The number of aromatic nitrogens is 1. The molecule has 3 rings (SSSR count). The Labute approximate surface area is 146 Å². The van der Waals surface area contributed by atoms with Crippen LogP contribution >= 0.6 is 31.9 Å². The summed E-state index contributed by atoms with van der Waals surface area (Å²) in [5, 5.41) is 0. The summed E-state index contributed by atoms with van der Waals surface area (Å²) in [5.41, 5.74) is 2.36. The molecule has 3 nitrogen and oxygen atoms in total. The molecule has 0 spiro atoms. The largest absolute Gasteiger partial charge is 1.00 e. The van der Waals surface area contributed by atoms with Crippen molar-refractivity contribution in [3.05, 3.63) is 44.6 Å². The molecule has 0 radical (unpaired) electrons. The molecule has 0 amide bonds. The second-order valence-corrected chi connectivity index (χ2v) is 6.35. The van der Waals surface area contributed by atoms with E-state index in [-0.39, 0.29) is 24.0 Å². The van der Waals surface area contributed by atoms with E-state index in [1.54, 1.807) is 0 Å². The van der Waals surface area contributed by atoms with Gasteiger partial charge in [-0.15, -0.1) is 0 Å². The molecular formula is C13H12Br2IN3. The molecule has 1 aromatic heterocycles. The van der Waals surface area contributed by atoms with E-state index in [4.69, 9.17) is 4.99 Å². The number of fused-ring (bicyclic) bond motifs is 2. The molecule has 2 aliphatic heterocycles. The summed E-state index contributed by atoms with van der Waals surface area (Å²) in [6.07, 6.45) is 6.23. The van der Waals surface area contributed by atoms with Crippen LogP contribution in [0.1, 0.15) is 12.5 Å². The Kier molecular flexibility index (Phi) is 4.52. The fraction of sp³-hybridized carbons (Fsp3) is 0.231. The van der Waals surface area contributed by atoms with E-state index >= 15 is 0 Å². The molecule has 0 bridgehead atoms. The van der Waals surface area contributed by atoms with Crippen LogP contribution in [0.3, 0.4) is 0 Å². The molecule has 6 heteroatoms. The maximum atomic E-state index is 4.77. The van der Waals surface area contributed by atoms with Gasteiger partial charge in [0.2, 0.25) is 0 Å². The van der Waals surface area contributed by atoms with Crippen molar-refractivity contribution in [2.24, 2.45) is 4.99 Å². The van der Waals surface area contributed by atoms with Crippen LogP contribution in [0, 0.1) is 6.92 Å². The maximum Gasteiger partial charge on any atom is 0.330 e. The van der Waals surface area contributed by atoms with E-state index in [0.717, 1.165) is 27.3 Å². The molecule has 0 aromatic carbocycles. The first-order valence-electron chi connectivity index (χ1n) is 5.65. The molecular weight excluding hydrogens is 485 g/mol. The fourth-order valence-corrected chi connectivity index (χ4v) is 3.46. The second-order valence-electron chi connectivity index (χ2n) is 4.52. The van der Waals surface area contributed by atoms with Crippen molar-refractivity contribution in [1.82, 2.24) is 4.90 Å². The summed E-state index contributed by atoms with van der Waals surface area (Å²) in [6, 6.07) is 2.10. The Hall–Kier alpha value is -0.210. The zero-order valence-corrected chi connectivity index (χ0v) is 15.8. The van der Waals surface area contributed by atoms with Crippen LogP contribution in [-0.2, 0) is 6.67 Å². The van der Waals surface area contributed by atoms with E-state index in [9.17, 15) is 0 Å². The first-order valence-corrected chi connectivity index (χ1v) is 7.24. The van der Waals surface area contributed by atoms with Crippen LogP contribution in [-0.4, -0.2) is 10.7 Å². The minimum absolute atomic E-state index is 0. The maximum absolute atomic E-state index is 4.77. The summed E-state index contributed by atoms with van der Waals surface area (Å²) < 4.78 is 4.31. The molecule has 100 valence electrons. The quantitative estimate of drug-likeness (QED) is 0.379. The average Bonchev–Trinajstić information content (AvgIpc) is 2.26. The van der Waals surface area contributed by atoms with Crippen LogP contribution in [0.15, 0.2) is 44.1 Å². The molecule has 0 atom stereocenters. The van der Waals surface area contributed by atoms with Gasteiger partial charge in [-0.25, -0.2) is 4.57 Å². The van der Waals surface area contributed by atoms with Gasteiger partial charge in [-0.05, 0) is 62.8 Å². The molecule has 2 aliphatic rings. The summed E-state index contributed by atoms with van der Waals surface area (Å²) in [5.74, 6) is 2.06. The van der Waals surface area contributed by atoms with Crippen molar-refractivity contribution in [2.45, 2.75) is 20.5 Å². The zero-order valence-electron chi connectivity index (χ0n) is 10.5. The second kappa shape index (κ2) is 5.65. The highest BCUT2D eigenvalue weighted by Gasteiger charge is 2.30. The lowest BCUT2D eigenvalue weighted by molar-refractivity contribution is -0.700. The van der Waals surface area contributed by atoms with E-state index in [2.05, 4.69) is 79.7 Å². The highest BCUT2D eigenvalue weighted by molar-refractivity contribution is 9.12. The lowest BCUT2D eigenvalue weighted by Crippen LogP contribution is -3.00. The average molecular weight is 497 g/mol. The summed E-state index contributed by atoms with van der Waals surface area (Å²) in [4.78, 5) is 6.93. The third-order valence-electron chi connectivity index (χ3n) is 3.03. The number of nitrogens with zero attached hydrogens (tertiary/aromatic N) is 3. The van der Waals surface area contributed by atoms with Crippen molar-refractivity contribution in [3.8, 4) is 0 Å². The number of amidine groups is 1. The lowest BCUT2D eigenvalue weighted by Gasteiger charge is -2.25.